The highest BCUT2D eigenvalue weighted by atomic mass is 35.5. The zero-order valence-electron chi connectivity index (χ0n) is 15.9. The van der Waals surface area contributed by atoms with Crippen molar-refractivity contribution in [2.75, 3.05) is 11.9 Å². The van der Waals surface area contributed by atoms with E-state index in [1.54, 1.807) is 25.1 Å². The minimum Gasteiger partial charge on any atom is -0.343 e. The summed E-state index contributed by atoms with van der Waals surface area (Å²) < 4.78 is 2.16. The zero-order valence-corrected chi connectivity index (χ0v) is 16.7. The van der Waals surface area contributed by atoms with Gasteiger partial charge in [0.1, 0.15) is 5.65 Å². The van der Waals surface area contributed by atoms with E-state index in [1.165, 1.54) is 30.9 Å². The quantitative estimate of drug-likeness (QED) is 0.658. The number of carbonyl (C=O) groups is 2. The van der Waals surface area contributed by atoms with Crippen molar-refractivity contribution in [2.24, 2.45) is 14.1 Å². The summed E-state index contributed by atoms with van der Waals surface area (Å²) in [6.07, 6.45) is 1.25. The van der Waals surface area contributed by atoms with Crippen LogP contribution in [0.4, 0.5) is 5.69 Å². The first-order valence-electron chi connectivity index (χ1n) is 8.59. The lowest BCUT2D eigenvalue weighted by Gasteiger charge is -2.11. The molecule has 0 aliphatic rings. The average molecular weight is 416 g/mol. The Morgan fingerprint density at radius 3 is 2.62 bits per heavy atom. The number of benzene rings is 1. The number of nitrogens with zero attached hydrogens (tertiary/aromatic N) is 3. The van der Waals surface area contributed by atoms with Gasteiger partial charge in [-0.2, -0.15) is 0 Å². The number of pyridine rings is 1. The van der Waals surface area contributed by atoms with Crippen LogP contribution in [0.15, 0.2) is 40.1 Å². The number of aromatic nitrogens is 3. The van der Waals surface area contributed by atoms with Crippen LogP contribution in [-0.4, -0.2) is 32.5 Å². The number of carbonyl (C=O) groups excluding carboxylic acids is 2. The predicted octanol–water partition coefficient (Wildman–Crippen LogP) is 0.963. The van der Waals surface area contributed by atoms with Crippen LogP contribution in [-0.2, 0) is 18.9 Å². The van der Waals surface area contributed by atoms with E-state index in [1.807, 2.05) is 0 Å². The monoisotopic (exact) mass is 415 g/mol. The van der Waals surface area contributed by atoms with Crippen molar-refractivity contribution in [3.8, 4) is 0 Å². The molecule has 0 spiro atoms. The molecule has 0 aliphatic heterocycles. The second-order valence-corrected chi connectivity index (χ2v) is 6.85. The van der Waals surface area contributed by atoms with Gasteiger partial charge in [-0.3, -0.25) is 23.5 Å². The van der Waals surface area contributed by atoms with Gasteiger partial charge in [0.2, 0.25) is 5.91 Å². The van der Waals surface area contributed by atoms with E-state index in [4.69, 9.17) is 11.6 Å². The number of hydrogen-bond donors (Lipinski definition) is 2. The number of nitrogens with one attached hydrogen (secondary N) is 2. The molecule has 150 valence electrons. The van der Waals surface area contributed by atoms with Crippen LogP contribution in [0.1, 0.15) is 15.9 Å². The first kappa shape index (κ1) is 20.3. The van der Waals surface area contributed by atoms with Gasteiger partial charge in [0, 0.05) is 31.0 Å². The van der Waals surface area contributed by atoms with E-state index in [-0.39, 0.29) is 23.1 Å². The van der Waals surface area contributed by atoms with E-state index in [0.717, 1.165) is 4.57 Å². The number of fused-ring (bicyclic) bond motifs is 1. The number of hydrogen-bond acceptors (Lipinski definition) is 5. The molecular formula is C19H18ClN5O4. The Balaban J connectivity index is 1.76. The van der Waals surface area contributed by atoms with Crippen LogP contribution in [0, 0.1) is 6.92 Å². The van der Waals surface area contributed by atoms with Crippen LogP contribution >= 0.6 is 11.6 Å². The maximum Gasteiger partial charge on any atom is 0.332 e. The van der Waals surface area contributed by atoms with Gasteiger partial charge in [-0.25, -0.2) is 9.78 Å². The number of halogens is 1. The van der Waals surface area contributed by atoms with Gasteiger partial charge < -0.3 is 10.6 Å². The topological polar surface area (TPSA) is 115 Å². The largest absolute Gasteiger partial charge is 0.343 e. The molecule has 0 bridgehead atoms. The fourth-order valence-electron chi connectivity index (χ4n) is 2.79. The number of rotatable bonds is 4. The van der Waals surface area contributed by atoms with Crippen LogP contribution in [0.5, 0.6) is 0 Å². The van der Waals surface area contributed by atoms with Gasteiger partial charge in [-0.05, 0) is 30.7 Å². The minimum absolute atomic E-state index is 0.0972. The molecule has 2 heterocycles. The van der Waals surface area contributed by atoms with E-state index in [2.05, 4.69) is 15.6 Å². The summed E-state index contributed by atoms with van der Waals surface area (Å²) in [5, 5.41) is 5.79. The van der Waals surface area contributed by atoms with Gasteiger partial charge in [0.25, 0.3) is 11.5 Å². The van der Waals surface area contributed by atoms with Gasteiger partial charge in [0.15, 0.2) is 0 Å². The fraction of sp³-hybridized carbons (Fsp3) is 0.211. The van der Waals surface area contributed by atoms with Crippen molar-refractivity contribution in [3.63, 3.8) is 0 Å². The lowest BCUT2D eigenvalue weighted by atomic mass is 10.2. The van der Waals surface area contributed by atoms with Crippen molar-refractivity contribution in [3.05, 3.63) is 67.4 Å². The van der Waals surface area contributed by atoms with Crippen molar-refractivity contribution < 1.29 is 9.59 Å². The number of aryl methyl sites for hydroxylation is 1. The first-order valence-corrected chi connectivity index (χ1v) is 8.97. The molecule has 3 rings (SSSR count). The highest BCUT2D eigenvalue weighted by Gasteiger charge is 2.14. The van der Waals surface area contributed by atoms with Crippen LogP contribution in [0.25, 0.3) is 11.0 Å². The lowest BCUT2D eigenvalue weighted by molar-refractivity contribution is -0.115. The Labute approximate surface area is 169 Å². The standard InChI is InChI=1S/C19H18ClN5O4/c1-10-13(20)5-4-6-14(10)23-15(26)9-22-17(27)11-7-12-16(21-8-11)24(2)19(29)25(3)18(12)28/h4-8H,9H2,1-3H3,(H,22,27)(H,23,26). The molecule has 2 N–H and O–H groups in total. The molecule has 0 radical (unpaired) electrons. The van der Waals surface area contributed by atoms with E-state index in [9.17, 15) is 19.2 Å². The Morgan fingerprint density at radius 2 is 1.90 bits per heavy atom. The third-order valence-electron chi connectivity index (χ3n) is 4.51. The summed E-state index contributed by atoms with van der Waals surface area (Å²) in [5.74, 6) is -1.01. The number of anilines is 1. The highest BCUT2D eigenvalue weighted by Crippen LogP contribution is 2.22. The highest BCUT2D eigenvalue weighted by molar-refractivity contribution is 6.31. The molecule has 1 aromatic carbocycles. The van der Waals surface area contributed by atoms with Crippen molar-refractivity contribution >= 4 is 40.1 Å². The molecule has 0 atom stereocenters. The maximum atomic E-state index is 12.4. The van der Waals surface area contributed by atoms with E-state index >= 15 is 0 Å². The predicted molar refractivity (Wildman–Crippen MR) is 109 cm³/mol. The van der Waals surface area contributed by atoms with Crippen molar-refractivity contribution in [1.82, 2.24) is 19.4 Å². The van der Waals surface area contributed by atoms with Crippen LogP contribution in [0.2, 0.25) is 5.02 Å². The summed E-state index contributed by atoms with van der Waals surface area (Å²) in [6, 6.07) is 6.46. The van der Waals surface area contributed by atoms with Gasteiger partial charge in [-0.15, -0.1) is 0 Å². The number of amides is 2. The minimum atomic E-state index is -0.576. The fourth-order valence-corrected chi connectivity index (χ4v) is 2.96. The Bertz CT molecular complexity index is 1260. The molecule has 0 aliphatic carbocycles. The van der Waals surface area contributed by atoms with Crippen molar-refractivity contribution in [2.45, 2.75) is 6.92 Å². The van der Waals surface area contributed by atoms with E-state index in [0.29, 0.717) is 16.3 Å². The molecule has 0 fully saturated rings. The first-order chi connectivity index (χ1) is 13.7. The molecule has 3 aromatic rings. The van der Waals surface area contributed by atoms with Gasteiger partial charge in [-0.1, -0.05) is 17.7 Å². The van der Waals surface area contributed by atoms with Crippen LogP contribution < -0.4 is 21.9 Å². The lowest BCUT2D eigenvalue weighted by Crippen LogP contribution is -2.37. The smallest absolute Gasteiger partial charge is 0.332 e. The summed E-state index contributed by atoms with van der Waals surface area (Å²) >= 11 is 6.02. The molecule has 0 saturated heterocycles. The molecule has 29 heavy (non-hydrogen) atoms. The van der Waals surface area contributed by atoms with Crippen molar-refractivity contribution in [1.29, 1.82) is 0 Å². The van der Waals surface area contributed by atoms with Gasteiger partial charge in [0.05, 0.1) is 17.5 Å². The van der Waals surface area contributed by atoms with Crippen LogP contribution in [0.3, 0.4) is 0 Å². The maximum absolute atomic E-state index is 12.4. The van der Waals surface area contributed by atoms with E-state index < -0.39 is 23.1 Å². The Hall–Kier alpha value is -3.46. The molecule has 0 unspecified atom stereocenters. The average Bonchev–Trinajstić information content (AvgIpc) is 2.71. The second kappa shape index (κ2) is 7.88. The third-order valence-corrected chi connectivity index (χ3v) is 4.92. The molecule has 9 nitrogen and oxygen atoms in total. The summed E-state index contributed by atoms with van der Waals surface area (Å²) in [4.78, 5) is 52.8. The summed E-state index contributed by atoms with van der Waals surface area (Å²) in [5.41, 5.74) is 0.464. The Kier molecular flexibility index (Phi) is 5.51. The molecule has 0 saturated carbocycles. The second-order valence-electron chi connectivity index (χ2n) is 6.44. The molecule has 2 amide bonds. The van der Waals surface area contributed by atoms with Gasteiger partial charge >= 0.3 is 5.69 Å². The molecule has 2 aromatic heterocycles. The molecular weight excluding hydrogens is 398 g/mol. The third kappa shape index (κ3) is 3.90. The normalized spacial score (nSPS) is 10.8. The summed E-state index contributed by atoms with van der Waals surface area (Å²) in [6.45, 7) is 1.49. The molecule has 10 heteroatoms. The Morgan fingerprint density at radius 1 is 1.17 bits per heavy atom. The summed E-state index contributed by atoms with van der Waals surface area (Å²) in [7, 11) is 2.83. The zero-order chi connectivity index (χ0) is 21.3. The SMILES string of the molecule is Cc1c(Cl)cccc1NC(=O)CNC(=O)c1cnc2c(c1)c(=O)n(C)c(=O)n2C.